The van der Waals surface area contributed by atoms with E-state index in [9.17, 15) is 14.4 Å². The third kappa shape index (κ3) is 5.26. The van der Waals surface area contributed by atoms with Crippen LogP contribution in [0.1, 0.15) is 34.7 Å². The number of nitrogens with zero attached hydrogens (tertiary/aromatic N) is 1. The van der Waals surface area contributed by atoms with E-state index in [-0.39, 0.29) is 17.2 Å². The number of hydrogen-bond acceptors (Lipinski definition) is 6. The standard InChI is InChI=1S/C21H23N5O3S2/c22-21(29)24-13-7-5-12(6-8-13)9-23-17(27)11-30-10-16-25-19(28)18-14-3-1-2-4-15(14)31-20(18)26-16/h5-8H,1-4,9-11H2,(H,23,27)(H3,22,24,29)(H,25,26,28). The minimum Gasteiger partial charge on any atom is -0.351 e. The quantitative estimate of drug-likeness (QED) is 0.433. The van der Waals surface area contributed by atoms with Crippen molar-refractivity contribution in [3.05, 3.63) is 56.4 Å². The van der Waals surface area contributed by atoms with Crippen LogP contribution in [0.4, 0.5) is 10.5 Å². The maximum Gasteiger partial charge on any atom is 0.316 e. The number of thioether (sulfide) groups is 1. The fourth-order valence-electron chi connectivity index (χ4n) is 3.62. The lowest BCUT2D eigenvalue weighted by atomic mass is 9.97. The predicted octanol–water partition coefficient (Wildman–Crippen LogP) is 2.90. The molecule has 2 aromatic heterocycles. The van der Waals surface area contributed by atoms with Gasteiger partial charge in [-0.2, -0.15) is 0 Å². The average molecular weight is 458 g/mol. The van der Waals surface area contributed by atoms with E-state index in [0.29, 0.717) is 23.8 Å². The lowest BCUT2D eigenvalue weighted by molar-refractivity contribution is -0.118. The van der Waals surface area contributed by atoms with Crippen molar-refractivity contribution in [3.63, 3.8) is 0 Å². The smallest absolute Gasteiger partial charge is 0.316 e. The highest BCUT2D eigenvalue weighted by Gasteiger charge is 2.19. The Morgan fingerprint density at radius 2 is 1.97 bits per heavy atom. The van der Waals surface area contributed by atoms with E-state index in [2.05, 4.69) is 20.6 Å². The number of aromatic nitrogens is 2. The highest BCUT2D eigenvalue weighted by Crippen LogP contribution is 2.33. The number of nitrogens with one attached hydrogen (secondary N) is 3. The third-order valence-electron chi connectivity index (χ3n) is 5.06. The molecule has 1 aliphatic rings. The van der Waals surface area contributed by atoms with E-state index >= 15 is 0 Å². The number of aromatic amines is 1. The van der Waals surface area contributed by atoms with Gasteiger partial charge in [0.15, 0.2) is 0 Å². The number of urea groups is 1. The minimum atomic E-state index is -0.619. The molecule has 0 bridgehead atoms. The second kappa shape index (κ2) is 9.52. The maximum absolute atomic E-state index is 12.6. The topological polar surface area (TPSA) is 130 Å². The first-order chi connectivity index (χ1) is 15.0. The van der Waals surface area contributed by atoms with Gasteiger partial charge in [-0.3, -0.25) is 9.59 Å². The van der Waals surface area contributed by atoms with E-state index in [0.717, 1.165) is 35.0 Å². The number of H-pyrrole nitrogens is 1. The molecule has 0 aliphatic heterocycles. The molecule has 3 amide bonds. The number of carbonyl (C=O) groups is 2. The molecule has 31 heavy (non-hydrogen) atoms. The van der Waals surface area contributed by atoms with Gasteiger partial charge < -0.3 is 21.4 Å². The van der Waals surface area contributed by atoms with Gasteiger partial charge in [-0.25, -0.2) is 9.78 Å². The van der Waals surface area contributed by atoms with Gasteiger partial charge in [0.05, 0.1) is 16.9 Å². The molecule has 0 fully saturated rings. The number of rotatable bonds is 7. The predicted molar refractivity (Wildman–Crippen MR) is 125 cm³/mol. The molecular weight excluding hydrogens is 434 g/mol. The van der Waals surface area contributed by atoms with Crippen LogP contribution < -0.4 is 21.9 Å². The number of nitrogens with two attached hydrogens (primary N) is 1. The second-order valence-electron chi connectivity index (χ2n) is 7.36. The van der Waals surface area contributed by atoms with Crippen LogP contribution in [0.25, 0.3) is 10.2 Å². The maximum atomic E-state index is 12.6. The van der Waals surface area contributed by atoms with Crippen molar-refractivity contribution in [3.8, 4) is 0 Å². The van der Waals surface area contributed by atoms with Gasteiger partial charge in [-0.1, -0.05) is 12.1 Å². The van der Waals surface area contributed by atoms with Gasteiger partial charge >= 0.3 is 6.03 Å². The number of anilines is 1. The van der Waals surface area contributed by atoms with Crippen molar-refractivity contribution in [2.45, 2.75) is 38.0 Å². The Labute approximate surface area is 187 Å². The Morgan fingerprint density at radius 3 is 2.74 bits per heavy atom. The van der Waals surface area contributed by atoms with E-state index in [4.69, 9.17) is 5.73 Å². The summed E-state index contributed by atoms with van der Waals surface area (Å²) in [7, 11) is 0. The zero-order chi connectivity index (χ0) is 21.8. The molecule has 5 N–H and O–H groups in total. The summed E-state index contributed by atoms with van der Waals surface area (Å²) in [6, 6.07) is 6.45. The van der Waals surface area contributed by atoms with E-state index in [1.165, 1.54) is 28.6 Å². The monoisotopic (exact) mass is 457 g/mol. The van der Waals surface area contributed by atoms with Crippen LogP contribution in [0.3, 0.4) is 0 Å². The Bertz CT molecular complexity index is 1170. The normalized spacial score (nSPS) is 13.0. The van der Waals surface area contributed by atoms with E-state index in [1.807, 2.05) is 12.1 Å². The molecule has 0 saturated carbocycles. The van der Waals surface area contributed by atoms with Crippen molar-refractivity contribution in [2.24, 2.45) is 5.73 Å². The van der Waals surface area contributed by atoms with Crippen molar-refractivity contribution in [1.29, 1.82) is 0 Å². The molecule has 0 saturated heterocycles. The third-order valence-corrected chi connectivity index (χ3v) is 7.19. The summed E-state index contributed by atoms with van der Waals surface area (Å²) in [4.78, 5) is 45.1. The van der Waals surface area contributed by atoms with Gasteiger partial charge in [0.2, 0.25) is 5.91 Å². The highest BCUT2D eigenvalue weighted by atomic mass is 32.2. The van der Waals surface area contributed by atoms with Gasteiger partial charge in [0.25, 0.3) is 5.56 Å². The summed E-state index contributed by atoms with van der Waals surface area (Å²) >= 11 is 3.04. The second-order valence-corrected chi connectivity index (χ2v) is 9.43. The SMILES string of the molecule is NC(=O)Nc1ccc(CNC(=O)CSCc2nc3sc4c(c3c(=O)[nH]2)CCCC4)cc1. The number of primary amides is 1. The first kappa shape index (κ1) is 21.4. The fraction of sp³-hybridized carbons (Fsp3) is 0.333. The molecule has 1 aliphatic carbocycles. The molecule has 10 heteroatoms. The lowest BCUT2D eigenvalue weighted by Crippen LogP contribution is -2.24. The van der Waals surface area contributed by atoms with Crippen LogP contribution in [-0.2, 0) is 29.9 Å². The summed E-state index contributed by atoms with van der Waals surface area (Å²) < 4.78 is 0. The molecule has 0 atom stereocenters. The lowest BCUT2D eigenvalue weighted by Gasteiger charge is -2.09. The molecule has 4 rings (SSSR count). The van der Waals surface area contributed by atoms with Crippen LogP contribution >= 0.6 is 23.1 Å². The summed E-state index contributed by atoms with van der Waals surface area (Å²) in [5.74, 6) is 1.24. The zero-order valence-corrected chi connectivity index (χ0v) is 18.5. The molecule has 0 unspecified atom stereocenters. The van der Waals surface area contributed by atoms with Gasteiger partial charge in [0.1, 0.15) is 10.7 Å². The number of fused-ring (bicyclic) bond motifs is 3. The van der Waals surface area contributed by atoms with E-state index < -0.39 is 6.03 Å². The summed E-state index contributed by atoms with van der Waals surface area (Å²) in [6.45, 7) is 0.387. The van der Waals surface area contributed by atoms with Gasteiger partial charge in [-0.15, -0.1) is 23.1 Å². The Balaban J connectivity index is 1.28. The number of thiophene rings is 1. The van der Waals surface area contributed by atoms with Crippen molar-refractivity contribution in [2.75, 3.05) is 11.1 Å². The Morgan fingerprint density at radius 1 is 1.19 bits per heavy atom. The number of benzene rings is 1. The van der Waals surface area contributed by atoms with Crippen LogP contribution in [0.15, 0.2) is 29.1 Å². The van der Waals surface area contributed by atoms with Crippen LogP contribution in [0, 0.1) is 0 Å². The Hall–Kier alpha value is -2.85. The molecule has 8 nitrogen and oxygen atoms in total. The zero-order valence-electron chi connectivity index (χ0n) is 16.8. The fourth-order valence-corrected chi connectivity index (χ4v) is 5.62. The van der Waals surface area contributed by atoms with Gasteiger partial charge in [-0.05, 0) is 48.9 Å². The van der Waals surface area contributed by atoms with E-state index in [1.54, 1.807) is 23.5 Å². The number of carbonyl (C=O) groups excluding carboxylic acids is 2. The van der Waals surface area contributed by atoms with Crippen molar-refractivity contribution in [1.82, 2.24) is 15.3 Å². The van der Waals surface area contributed by atoms with Crippen molar-refractivity contribution >= 4 is 50.9 Å². The molecule has 2 heterocycles. The van der Waals surface area contributed by atoms with Crippen LogP contribution in [0.5, 0.6) is 0 Å². The summed E-state index contributed by atoms with van der Waals surface area (Å²) in [5, 5.41) is 6.10. The van der Waals surface area contributed by atoms with Crippen LogP contribution in [-0.4, -0.2) is 27.7 Å². The number of aryl methyl sites for hydroxylation is 2. The van der Waals surface area contributed by atoms with Crippen LogP contribution in [0.2, 0.25) is 0 Å². The average Bonchev–Trinajstić information content (AvgIpc) is 3.12. The number of hydrogen-bond donors (Lipinski definition) is 4. The molecule has 0 radical (unpaired) electrons. The first-order valence-corrected chi connectivity index (χ1v) is 12.0. The molecule has 1 aromatic carbocycles. The molecule has 0 spiro atoms. The molecular formula is C21H23N5O3S2. The number of amides is 3. The first-order valence-electron chi connectivity index (χ1n) is 10.0. The summed E-state index contributed by atoms with van der Waals surface area (Å²) in [5.41, 5.74) is 7.69. The minimum absolute atomic E-state index is 0.0706. The van der Waals surface area contributed by atoms with Gasteiger partial charge in [0, 0.05) is 17.1 Å². The highest BCUT2D eigenvalue weighted by molar-refractivity contribution is 7.99. The molecule has 3 aromatic rings. The van der Waals surface area contributed by atoms with Crippen molar-refractivity contribution < 1.29 is 9.59 Å². The summed E-state index contributed by atoms with van der Waals surface area (Å²) in [6.07, 6.45) is 4.28. The molecule has 162 valence electrons. The Kier molecular flexibility index (Phi) is 6.57. The largest absolute Gasteiger partial charge is 0.351 e.